The maximum Gasteiger partial charge on any atom is 0.220 e. The molecule has 2 aliphatic heterocycles. The summed E-state index contributed by atoms with van der Waals surface area (Å²) in [4.78, 5) is 13.3. The molecule has 2 rings (SSSR count). The number of aliphatic hydroxyl groups excluding tert-OH is 8. The van der Waals surface area contributed by atoms with Crippen LogP contribution < -0.4 is 5.32 Å². The first-order valence-electron chi connectivity index (χ1n) is 32.4. The van der Waals surface area contributed by atoms with Gasteiger partial charge in [0, 0.05) is 6.42 Å². The van der Waals surface area contributed by atoms with Crippen molar-refractivity contribution in [3.63, 3.8) is 0 Å². The van der Waals surface area contributed by atoms with Gasteiger partial charge in [-0.05, 0) is 38.5 Å². The first kappa shape index (κ1) is 71.8. The molecule has 12 atom stereocenters. The van der Waals surface area contributed by atoms with Crippen LogP contribution in [0.25, 0.3) is 0 Å². The van der Waals surface area contributed by atoms with E-state index in [1.807, 2.05) is 0 Å². The monoisotopic (exact) mass is 1100 g/mol. The predicted molar refractivity (Wildman–Crippen MR) is 309 cm³/mol. The van der Waals surface area contributed by atoms with Crippen LogP contribution in [0.5, 0.6) is 0 Å². The molecule has 0 aliphatic carbocycles. The summed E-state index contributed by atoms with van der Waals surface area (Å²) in [7, 11) is 0. The molecule has 0 aromatic rings. The van der Waals surface area contributed by atoms with Crippen LogP contribution >= 0.6 is 0 Å². The number of amides is 1. The van der Waals surface area contributed by atoms with Crippen LogP contribution in [0.3, 0.4) is 0 Å². The zero-order valence-corrected chi connectivity index (χ0v) is 49.2. The van der Waals surface area contributed by atoms with Crippen molar-refractivity contribution < 1.29 is 64.6 Å². The highest BCUT2D eigenvalue weighted by atomic mass is 16.7. The molecule has 0 aromatic carbocycles. The van der Waals surface area contributed by atoms with Crippen molar-refractivity contribution in [3.05, 3.63) is 12.2 Å². The Labute approximate surface area is 469 Å². The molecule has 0 bridgehead atoms. The van der Waals surface area contributed by atoms with Crippen LogP contribution in [0.15, 0.2) is 12.2 Å². The third kappa shape index (κ3) is 34.7. The summed E-state index contributed by atoms with van der Waals surface area (Å²) < 4.78 is 22.8. The molecule has 0 aromatic heterocycles. The van der Waals surface area contributed by atoms with E-state index in [1.54, 1.807) is 0 Å². The number of hydrogen-bond donors (Lipinski definition) is 9. The molecule has 0 radical (unpaired) electrons. The second-order valence-corrected chi connectivity index (χ2v) is 23.2. The van der Waals surface area contributed by atoms with E-state index in [9.17, 15) is 45.6 Å². The minimum absolute atomic E-state index is 0.203. The lowest BCUT2D eigenvalue weighted by atomic mass is 9.97. The molecule has 14 heteroatoms. The van der Waals surface area contributed by atoms with Crippen molar-refractivity contribution in [1.82, 2.24) is 5.32 Å². The molecule has 2 heterocycles. The van der Waals surface area contributed by atoms with E-state index in [-0.39, 0.29) is 12.5 Å². The summed E-state index contributed by atoms with van der Waals surface area (Å²) in [6, 6.07) is -0.823. The number of carbonyl (C=O) groups is 1. The zero-order chi connectivity index (χ0) is 56.0. The van der Waals surface area contributed by atoms with E-state index >= 15 is 0 Å². The highest BCUT2D eigenvalue weighted by Crippen LogP contribution is 2.30. The molecule has 2 saturated heterocycles. The van der Waals surface area contributed by atoms with Crippen molar-refractivity contribution >= 4 is 5.91 Å². The van der Waals surface area contributed by atoms with Gasteiger partial charge in [0.25, 0.3) is 0 Å². The van der Waals surface area contributed by atoms with E-state index < -0.39 is 86.8 Å². The summed E-state index contributed by atoms with van der Waals surface area (Å²) in [6.45, 7) is 2.86. The third-order valence-corrected chi connectivity index (χ3v) is 16.2. The predicted octanol–water partition coefficient (Wildman–Crippen LogP) is 11.8. The smallest absolute Gasteiger partial charge is 0.220 e. The Bertz CT molecular complexity index is 1340. The lowest BCUT2D eigenvalue weighted by molar-refractivity contribution is -0.359. The van der Waals surface area contributed by atoms with Crippen LogP contribution in [0, 0.1) is 0 Å². The second kappa shape index (κ2) is 49.3. The van der Waals surface area contributed by atoms with Gasteiger partial charge in [-0.2, -0.15) is 0 Å². The van der Waals surface area contributed by atoms with Crippen LogP contribution in [0.2, 0.25) is 0 Å². The number of rotatable bonds is 53. The zero-order valence-electron chi connectivity index (χ0n) is 49.2. The normalized spacial score (nSPS) is 24.7. The SMILES string of the molecule is CCCCCCCCCC/C=C\CCCCCCCCCCCCCCCCCCCCCCCC(=O)NC(COC1OC(CO)C(OC2OC(CO)C(O)C(O)C2O)C(O)C1O)C(O)CCCCCCCCCCCC. The van der Waals surface area contributed by atoms with Gasteiger partial charge >= 0.3 is 0 Å². The Balaban J connectivity index is 1.57. The van der Waals surface area contributed by atoms with E-state index in [0.29, 0.717) is 12.8 Å². The van der Waals surface area contributed by atoms with Gasteiger partial charge in [0.2, 0.25) is 5.91 Å². The number of hydrogen-bond acceptors (Lipinski definition) is 13. The number of allylic oxidation sites excluding steroid dienone is 2. The van der Waals surface area contributed by atoms with Crippen molar-refractivity contribution in [2.24, 2.45) is 0 Å². The molecular formula is C63H121NO13. The molecule has 1 amide bonds. The Morgan fingerprint density at radius 2 is 0.818 bits per heavy atom. The minimum atomic E-state index is -1.78. The first-order chi connectivity index (χ1) is 37.6. The molecule has 2 fully saturated rings. The van der Waals surface area contributed by atoms with E-state index in [2.05, 4.69) is 31.3 Å². The van der Waals surface area contributed by atoms with Crippen molar-refractivity contribution in [3.8, 4) is 0 Å². The summed E-state index contributed by atoms with van der Waals surface area (Å²) in [5.41, 5.74) is 0. The molecule has 456 valence electrons. The van der Waals surface area contributed by atoms with Crippen LogP contribution in [-0.4, -0.2) is 140 Å². The Morgan fingerprint density at radius 3 is 1.23 bits per heavy atom. The summed E-state index contributed by atoms with van der Waals surface area (Å²) >= 11 is 0. The fraction of sp³-hybridized carbons (Fsp3) is 0.952. The van der Waals surface area contributed by atoms with Gasteiger partial charge in [-0.3, -0.25) is 4.79 Å². The maximum absolute atomic E-state index is 13.3. The van der Waals surface area contributed by atoms with Crippen LogP contribution in [0.4, 0.5) is 0 Å². The van der Waals surface area contributed by atoms with Crippen molar-refractivity contribution in [2.45, 2.75) is 364 Å². The number of ether oxygens (including phenoxy) is 4. The molecular weight excluding hydrogens is 979 g/mol. The lowest BCUT2D eigenvalue weighted by Crippen LogP contribution is -2.65. The van der Waals surface area contributed by atoms with Crippen LogP contribution in [-0.2, 0) is 23.7 Å². The Morgan fingerprint density at radius 1 is 0.455 bits per heavy atom. The molecule has 0 saturated carbocycles. The van der Waals surface area contributed by atoms with Gasteiger partial charge in [0.15, 0.2) is 12.6 Å². The lowest BCUT2D eigenvalue weighted by Gasteiger charge is -2.46. The topological polar surface area (TPSA) is 228 Å². The Hall–Kier alpha value is -1.27. The summed E-state index contributed by atoms with van der Waals surface area (Å²) in [5, 5.41) is 87.1. The van der Waals surface area contributed by atoms with Gasteiger partial charge in [-0.15, -0.1) is 0 Å². The van der Waals surface area contributed by atoms with E-state index in [4.69, 9.17) is 18.9 Å². The highest BCUT2D eigenvalue weighted by Gasteiger charge is 2.51. The van der Waals surface area contributed by atoms with E-state index in [0.717, 1.165) is 51.4 Å². The van der Waals surface area contributed by atoms with Gasteiger partial charge in [-0.1, -0.05) is 257 Å². The average molecular weight is 1100 g/mol. The minimum Gasteiger partial charge on any atom is -0.394 e. The van der Waals surface area contributed by atoms with Crippen molar-refractivity contribution in [1.29, 1.82) is 0 Å². The number of aliphatic hydroxyl groups is 8. The standard InChI is InChI=1S/C63H121NO13/c1-3-5-7-9-11-13-15-16-17-18-19-20-21-22-23-24-25-26-27-28-29-30-31-32-33-34-35-36-37-39-41-43-45-47-55(68)64-51(52(67)46-44-42-40-38-14-12-10-8-6-4-2)50-74-62-60(73)58(71)61(54(49-66)76-62)77-63-59(72)57(70)56(69)53(48-65)75-63/h18-19,51-54,56-63,65-67,69-73H,3-17,20-50H2,1-2H3,(H,64,68)/b19-18-. The Kier molecular flexibility index (Phi) is 46.0. The van der Waals surface area contributed by atoms with Crippen molar-refractivity contribution in [2.75, 3.05) is 19.8 Å². The van der Waals surface area contributed by atoms with E-state index in [1.165, 1.54) is 212 Å². The average Bonchev–Trinajstić information content (AvgIpc) is 3.45. The van der Waals surface area contributed by atoms with Gasteiger partial charge < -0.3 is 65.1 Å². The van der Waals surface area contributed by atoms with Gasteiger partial charge in [-0.25, -0.2) is 0 Å². The molecule has 9 N–H and O–H groups in total. The van der Waals surface area contributed by atoms with Gasteiger partial charge in [0.1, 0.15) is 48.8 Å². The first-order valence-corrected chi connectivity index (χ1v) is 32.4. The molecule has 2 aliphatic rings. The molecule has 14 nitrogen and oxygen atoms in total. The molecule has 0 spiro atoms. The largest absolute Gasteiger partial charge is 0.394 e. The summed E-state index contributed by atoms with van der Waals surface area (Å²) in [5.74, 6) is -0.203. The summed E-state index contributed by atoms with van der Waals surface area (Å²) in [6.07, 6.45) is 41.2. The third-order valence-electron chi connectivity index (χ3n) is 16.2. The van der Waals surface area contributed by atoms with Gasteiger partial charge in [0.05, 0.1) is 32.0 Å². The quantitative estimate of drug-likeness (QED) is 0.0204. The fourth-order valence-electron chi connectivity index (χ4n) is 11.0. The molecule has 12 unspecified atom stereocenters. The fourth-order valence-corrected chi connectivity index (χ4v) is 11.0. The number of carbonyl (C=O) groups excluding carboxylic acids is 1. The molecule has 77 heavy (non-hydrogen) atoms. The maximum atomic E-state index is 13.3. The number of nitrogens with one attached hydrogen (secondary N) is 1. The van der Waals surface area contributed by atoms with Crippen LogP contribution in [0.1, 0.15) is 290 Å². The highest BCUT2D eigenvalue weighted by molar-refractivity contribution is 5.76. The second-order valence-electron chi connectivity index (χ2n) is 23.2. The number of unbranched alkanes of at least 4 members (excludes halogenated alkanes) is 38.